The number of aromatic amines is 1. The van der Waals surface area contributed by atoms with Crippen LogP contribution in [-0.4, -0.2) is 22.0 Å². The number of nitrogens with one attached hydrogen (secondary N) is 1. The number of methoxy groups -OCH3 is 1. The van der Waals surface area contributed by atoms with Crippen molar-refractivity contribution >= 4 is 35.2 Å². The average Bonchev–Trinajstić information content (AvgIpc) is 2.85. The Labute approximate surface area is 151 Å². The van der Waals surface area contributed by atoms with Crippen LogP contribution in [0.3, 0.4) is 0 Å². The molecule has 0 saturated carbocycles. The lowest BCUT2D eigenvalue weighted by molar-refractivity contribution is 0.373. The van der Waals surface area contributed by atoms with E-state index >= 15 is 0 Å². The van der Waals surface area contributed by atoms with Gasteiger partial charge in [0.2, 0.25) is 0 Å². The molecule has 0 radical (unpaired) electrons. The summed E-state index contributed by atoms with van der Waals surface area (Å²) in [6.45, 7) is 3.91. The van der Waals surface area contributed by atoms with Gasteiger partial charge in [-0.05, 0) is 70.6 Å². The van der Waals surface area contributed by atoms with E-state index in [9.17, 15) is 9.90 Å². The van der Waals surface area contributed by atoms with Crippen molar-refractivity contribution in [3.63, 3.8) is 0 Å². The number of phenolic OH excluding ortho intramolecular Hbond substituents is 1. The van der Waals surface area contributed by atoms with E-state index < -0.39 is 0 Å². The summed E-state index contributed by atoms with van der Waals surface area (Å²) >= 11 is 2.21. The Morgan fingerprint density at radius 1 is 1.25 bits per heavy atom. The van der Waals surface area contributed by atoms with Crippen molar-refractivity contribution in [3.8, 4) is 17.2 Å². The van der Waals surface area contributed by atoms with E-state index in [4.69, 9.17) is 4.74 Å². The number of aromatic nitrogens is 2. The summed E-state index contributed by atoms with van der Waals surface area (Å²) in [5.74, 6) is 0.401. The summed E-state index contributed by atoms with van der Waals surface area (Å²) in [6, 6.07) is 12.5. The summed E-state index contributed by atoms with van der Waals surface area (Å²) in [5, 5.41) is 13.6. The second-order valence-electron chi connectivity index (χ2n) is 5.20. The number of benzene rings is 2. The SMILES string of the molecule is C=c1[nH]n(-c2ccc(I)cc2)c(=O)/c1=C\c1ccc(O)c(OC)c1. The summed E-state index contributed by atoms with van der Waals surface area (Å²) in [5.41, 5.74) is 1.29. The smallest absolute Gasteiger partial charge is 0.279 e. The second kappa shape index (κ2) is 6.56. The molecule has 0 aliphatic carbocycles. The molecule has 2 N–H and O–H groups in total. The number of rotatable bonds is 3. The maximum absolute atomic E-state index is 12.7. The molecule has 0 unspecified atom stereocenters. The fourth-order valence-electron chi connectivity index (χ4n) is 2.37. The van der Waals surface area contributed by atoms with Crippen LogP contribution in [0.2, 0.25) is 0 Å². The molecule has 2 aromatic carbocycles. The number of hydrogen-bond donors (Lipinski definition) is 2. The van der Waals surface area contributed by atoms with Crippen molar-refractivity contribution in [2.45, 2.75) is 0 Å². The quantitative estimate of drug-likeness (QED) is 0.618. The predicted octanol–water partition coefficient (Wildman–Crippen LogP) is 1.72. The van der Waals surface area contributed by atoms with E-state index in [2.05, 4.69) is 34.3 Å². The molecule has 0 saturated heterocycles. The Kier molecular flexibility index (Phi) is 4.48. The highest BCUT2D eigenvalue weighted by molar-refractivity contribution is 14.1. The zero-order valence-corrected chi connectivity index (χ0v) is 15.1. The number of H-pyrrole nitrogens is 1. The molecule has 0 aliphatic rings. The molecule has 1 heterocycles. The molecule has 1 aromatic heterocycles. The highest BCUT2D eigenvalue weighted by Gasteiger charge is 2.06. The van der Waals surface area contributed by atoms with Crippen molar-refractivity contribution in [1.29, 1.82) is 0 Å². The van der Waals surface area contributed by atoms with Gasteiger partial charge in [-0.2, -0.15) is 0 Å². The van der Waals surface area contributed by atoms with Crippen molar-refractivity contribution in [2.24, 2.45) is 0 Å². The number of hydrogen-bond acceptors (Lipinski definition) is 3. The minimum absolute atomic E-state index is 0.0508. The van der Waals surface area contributed by atoms with Crippen molar-refractivity contribution < 1.29 is 9.84 Å². The minimum Gasteiger partial charge on any atom is -0.504 e. The van der Waals surface area contributed by atoms with Crippen molar-refractivity contribution in [3.05, 3.63) is 72.5 Å². The monoisotopic (exact) mass is 434 g/mol. The summed E-state index contributed by atoms with van der Waals surface area (Å²) < 4.78 is 7.64. The van der Waals surface area contributed by atoms with E-state index in [-0.39, 0.29) is 11.3 Å². The van der Waals surface area contributed by atoms with E-state index in [0.717, 1.165) is 14.8 Å². The van der Waals surface area contributed by atoms with Gasteiger partial charge in [-0.25, -0.2) is 4.68 Å². The number of halogens is 1. The third-order valence-electron chi connectivity index (χ3n) is 3.60. The lowest BCUT2D eigenvalue weighted by Gasteiger charge is -2.03. The first-order valence-electron chi connectivity index (χ1n) is 7.14. The number of aromatic hydroxyl groups is 1. The Balaban J connectivity index is 2.15. The van der Waals surface area contributed by atoms with Crippen molar-refractivity contribution in [1.82, 2.24) is 9.78 Å². The highest BCUT2D eigenvalue weighted by atomic mass is 127. The zero-order chi connectivity index (χ0) is 17.3. The van der Waals surface area contributed by atoms with Gasteiger partial charge in [0.25, 0.3) is 5.56 Å². The van der Waals surface area contributed by atoms with Gasteiger partial charge in [-0.15, -0.1) is 0 Å². The van der Waals surface area contributed by atoms with Crippen LogP contribution >= 0.6 is 22.6 Å². The van der Waals surface area contributed by atoms with Crippen LogP contribution in [0.4, 0.5) is 0 Å². The van der Waals surface area contributed by atoms with Gasteiger partial charge in [0.15, 0.2) is 11.5 Å². The molecule has 0 aliphatic heterocycles. The third-order valence-corrected chi connectivity index (χ3v) is 4.32. The molecule has 0 bridgehead atoms. The molecule has 3 rings (SSSR count). The molecular formula is C18H15IN2O3. The first-order valence-corrected chi connectivity index (χ1v) is 8.22. The lowest BCUT2D eigenvalue weighted by Crippen LogP contribution is -2.33. The Bertz CT molecular complexity index is 1050. The topological polar surface area (TPSA) is 67.2 Å². The molecule has 24 heavy (non-hydrogen) atoms. The van der Waals surface area contributed by atoms with E-state index in [1.54, 1.807) is 18.2 Å². The molecule has 6 heteroatoms. The van der Waals surface area contributed by atoms with Gasteiger partial charge >= 0.3 is 0 Å². The fraction of sp³-hybridized carbons (Fsp3) is 0.0556. The van der Waals surface area contributed by atoms with E-state index in [1.165, 1.54) is 17.9 Å². The van der Waals surface area contributed by atoms with Crippen LogP contribution in [0.1, 0.15) is 5.56 Å². The molecule has 0 atom stereocenters. The van der Waals surface area contributed by atoms with Crippen LogP contribution in [0, 0.1) is 3.57 Å². The zero-order valence-electron chi connectivity index (χ0n) is 12.9. The van der Waals surface area contributed by atoms with Crippen LogP contribution in [0.15, 0.2) is 47.3 Å². The maximum Gasteiger partial charge on any atom is 0.279 e. The first-order chi connectivity index (χ1) is 11.5. The largest absolute Gasteiger partial charge is 0.504 e. The van der Waals surface area contributed by atoms with Gasteiger partial charge in [0.05, 0.1) is 23.4 Å². The third kappa shape index (κ3) is 3.09. The van der Waals surface area contributed by atoms with Gasteiger partial charge in [-0.3, -0.25) is 9.89 Å². The molecular weight excluding hydrogens is 419 g/mol. The van der Waals surface area contributed by atoms with Crippen LogP contribution < -0.4 is 20.9 Å². The lowest BCUT2D eigenvalue weighted by atomic mass is 10.1. The predicted molar refractivity (Wildman–Crippen MR) is 102 cm³/mol. The van der Waals surface area contributed by atoms with Crippen LogP contribution in [-0.2, 0) is 0 Å². The van der Waals surface area contributed by atoms with Gasteiger partial charge in [0, 0.05) is 3.57 Å². The Hall–Kier alpha value is -2.48. The van der Waals surface area contributed by atoms with E-state index in [1.807, 2.05) is 24.3 Å². The number of phenols is 1. The minimum atomic E-state index is -0.187. The Morgan fingerprint density at radius 2 is 1.96 bits per heavy atom. The maximum atomic E-state index is 12.7. The second-order valence-corrected chi connectivity index (χ2v) is 6.44. The normalized spacial score (nSPS) is 11.7. The van der Waals surface area contributed by atoms with Crippen LogP contribution in [0.5, 0.6) is 11.5 Å². The summed E-state index contributed by atoms with van der Waals surface area (Å²) in [7, 11) is 1.48. The van der Waals surface area contributed by atoms with Gasteiger partial charge in [-0.1, -0.05) is 12.6 Å². The molecule has 5 nitrogen and oxygen atoms in total. The van der Waals surface area contributed by atoms with Crippen molar-refractivity contribution in [2.75, 3.05) is 7.11 Å². The van der Waals surface area contributed by atoms with Crippen LogP contribution in [0.25, 0.3) is 18.3 Å². The summed E-state index contributed by atoms with van der Waals surface area (Å²) in [6.07, 6.45) is 1.71. The molecule has 3 aromatic rings. The average molecular weight is 434 g/mol. The molecule has 0 amide bonds. The Morgan fingerprint density at radius 3 is 2.62 bits per heavy atom. The van der Waals surface area contributed by atoms with Gasteiger partial charge < -0.3 is 9.84 Å². The fourth-order valence-corrected chi connectivity index (χ4v) is 2.73. The first kappa shape index (κ1) is 16.4. The molecule has 0 spiro atoms. The number of nitrogens with zero attached hydrogens (tertiary/aromatic N) is 1. The standard InChI is InChI=1S/C18H15IN2O3/c1-11-15(9-12-3-8-16(22)17(10-12)24-2)18(23)21(20-11)14-6-4-13(19)5-7-14/h3-10,20,22H,1H2,2H3/b15-9-. The molecule has 122 valence electrons. The van der Waals surface area contributed by atoms with Gasteiger partial charge in [0.1, 0.15) is 0 Å². The summed E-state index contributed by atoms with van der Waals surface area (Å²) in [4.78, 5) is 12.7. The number of ether oxygens (including phenoxy) is 1. The molecule has 0 fully saturated rings. The highest BCUT2D eigenvalue weighted by Crippen LogP contribution is 2.26. The van der Waals surface area contributed by atoms with E-state index in [0.29, 0.717) is 16.3 Å².